The van der Waals surface area contributed by atoms with Gasteiger partial charge in [-0.1, -0.05) is 244 Å². The minimum absolute atomic E-state index is 0.0725. The molecule has 0 saturated heterocycles. The number of ether oxygens (including phenoxy) is 3. The van der Waals surface area contributed by atoms with Crippen molar-refractivity contribution in [3.8, 4) is 0 Å². The number of phosphoric ester groups is 2. The summed E-state index contributed by atoms with van der Waals surface area (Å²) in [5.74, 6) is -1.67. The van der Waals surface area contributed by atoms with E-state index in [-0.39, 0.29) is 19.3 Å². The zero-order valence-corrected chi connectivity index (χ0v) is 59.4. The van der Waals surface area contributed by atoms with Crippen molar-refractivity contribution in [2.24, 2.45) is 0 Å². The Morgan fingerprint density at radius 1 is 0.312 bits per heavy atom. The predicted molar refractivity (Wildman–Crippen MR) is 380 cm³/mol. The molecule has 5 atom stereocenters. The van der Waals surface area contributed by atoms with Crippen LogP contribution in [-0.4, -0.2) is 95.9 Å². The van der Waals surface area contributed by atoms with Gasteiger partial charge in [0.15, 0.2) is 6.10 Å². The molecule has 0 heterocycles. The van der Waals surface area contributed by atoms with Crippen LogP contribution in [0.1, 0.15) is 265 Å². The number of carbonyl (C=O) groups is 3. The highest BCUT2D eigenvalue weighted by molar-refractivity contribution is 7.47. The fourth-order valence-electron chi connectivity index (χ4n) is 8.91. The highest BCUT2D eigenvalue weighted by Gasteiger charge is 2.29. The summed E-state index contributed by atoms with van der Waals surface area (Å²) in [4.78, 5) is 58.4. The van der Waals surface area contributed by atoms with Gasteiger partial charge in [-0.25, -0.2) is 9.13 Å². The minimum atomic E-state index is -4.94. The Balaban J connectivity index is 4.64. The summed E-state index contributed by atoms with van der Waals surface area (Å²) < 4.78 is 60.8. The van der Waals surface area contributed by atoms with Gasteiger partial charge in [0.05, 0.1) is 26.4 Å². The molecule has 0 aromatic rings. The van der Waals surface area contributed by atoms with Gasteiger partial charge in [-0.2, -0.15) is 0 Å². The van der Waals surface area contributed by atoms with Crippen LogP contribution in [0.5, 0.6) is 0 Å². The first-order valence-corrected chi connectivity index (χ1v) is 38.5. The van der Waals surface area contributed by atoms with E-state index in [2.05, 4.69) is 142 Å². The van der Waals surface area contributed by atoms with E-state index in [0.29, 0.717) is 25.7 Å². The molecule has 4 N–H and O–H groups in total. The normalized spacial score (nSPS) is 15.0. The van der Waals surface area contributed by atoms with Crippen molar-refractivity contribution in [1.29, 1.82) is 0 Å². The second-order valence-corrected chi connectivity index (χ2v) is 26.2. The van der Waals surface area contributed by atoms with Crippen LogP contribution in [0.4, 0.5) is 0 Å². The van der Waals surface area contributed by atoms with E-state index >= 15 is 0 Å². The van der Waals surface area contributed by atoms with Gasteiger partial charge >= 0.3 is 33.6 Å². The van der Waals surface area contributed by atoms with Crippen molar-refractivity contribution in [3.05, 3.63) is 134 Å². The molecule has 0 saturated carbocycles. The zero-order valence-electron chi connectivity index (χ0n) is 57.6. The van der Waals surface area contributed by atoms with E-state index in [9.17, 15) is 43.5 Å². The molecule has 93 heavy (non-hydrogen) atoms. The van der Waals surface area contributed by atoms with E-state index in [0.717, 1.165) is 128 Å². The summed E-state index contributed by atoms with van der Waals surface area (Å²) in [6.07, 6.45) is 79.4. The van der Waals surface area contributed by atoms with E-state index in [1.165, 1.54) is 70.6 Å². The highest BCUT2D eigenvalue weighted by atomic mass is 31.2. The van der Waals surface area contributed by atoms with Crippen LogP contribution in [0.25, 0.3) is 0 Å². The number of allylic oxidation sites excluding steroid dienone is 22. The summed E-state index contributed by atoms with van der Waals surface area (Å²) in [5.41, 5.74) is 0. The Morgan fingerprint density at radius 2 is 0.581 bits per heavy atom. The lowest BCUT2D eigenvalue weighted by Crippen LogP contribution is -2.30. The summed E-state index contributed by atoms with van der Waals surface area (Å²) in [5, 5.41) is 20.6. The average molecular weight is 1350 g/mol. The molecule has 0 aromatic carbocycles. The summed E-state index contributed by atoms with van der Waals surface area (Å²) in [6, 6.07) is 0. The summed E-state index contributed by atoms with van der Waals surface area (Å²) >= 11 is 0. The van der Waals surface area contributed by atoms with Crippen molar-refractivity contribution in [3.63, 3.8) is 0 Å². The van der Waals surface area contributed by atoms with E-state index < -0.39 is 91.5 Å². The van der Waals surface area contributed by atoms with Gasteiger partial charge in [-0.05, 0) is 135 Å². The quantitative estimate of drug-likeness (QED) is 0.0146. The Morgan fingerprint density at radius 3 is 0.946 bits per heavy atom. The molecule has 0 aliphatic carbocycles. The van der Waals surface area contributed by atoms with Gasteiger partial charge in [0, 0.05) is 19.3 Å². The van der Waals surface area contributed by atoms with Crippen molar-refractivity contribution in [2.75, 3.05) is 39.6 Å². The molecular weight excluding hydrogens is 1220 g/mol. The van der Waals surface area contributed by atoms with Crippen LogP contribution in [0, 0.1) is 0 Å². The first kappa shape index (κ1) is 88.7. The Kier molecular flexibility index (Phi) is 64.5. The third kappa shape index (κ3) is 68.9. The van der Waals surface area contributed by atoms with E-state index in [1.807, 2.05) is 12.2 Å². The van der Waals surface area contributed by atoms with Crippen molar-refractivity contribution >= 4 is 33.6 Å². The smallest absolute Gasteiger partial charge is 0.463 e. The molecule has 5 unspecified atom stereocenters. The first-order chi connectivity index (χ1) is 45.2. The Bertz CT molecular complexity index is 2230. The lowest BCUT2D eigenvalue weighted by Gasteiger charge is -2.21. The standard InChI is InChI=1S/C75H126O16P2/c1-4-7-10-13-16-19-22-25-28-30-31-32-33-34-35-36-37-39-42-43-46-49-52-55-58-61-73(78)85-64-70(76)65-87-92(81,82)88-66-71(77)67-89-93(83,84)90-69-72(91-75(80)63-60-57-54-51-48-45-40-27-24-21-18-15-12-9-6-3)68-86-74(79)62-59-56-53-50-47-44-41-38-29-26-23-20-17-14-11-8-5-2/h8,11,16-21,25-29,31-32,34-35,40-41,44,50,53,70-72,76-77H,4-7,9-10,12-15,22-24,30,33,36-39,42-43,45-49,51-52,54-69H2,1-3H3,(H,81,82)(H,83,84)/b11-8-,19-16-,20-17-,21-18-,28-25-,29-26-,32-31-,35-34-,40-27-,44-41-,53-50-. The Labute approximate surface area is 563 Å². The maximum Gasteiger partial charge on any atom is 0.472 e. The van der Waals surface area contributed by atoms with Crippen molar-refractivity contribution in [2.45, 2.75) is 283 Å². The van der Waals surface area contributed by atoms with Crippen LogP contribution in [0.2, 0.25) is 0 Å². The lowest BCUT2D eigenvalue weighted by atomic mass is 10.1. The molecule has 0 aliphatic heterocycles. The summed E-state index contributed by atoms with van der Waals surface area (Å²) in [6.45, 7) is 2.40. The summed E-state index contributed by atoms with van der Waals surface area (Å²) in [7, 11) is -9.81. The number of aliphatic hydroxyl groups is 2. The molecule has 0 aliphatic rings. The fourth-order valence-corrected chi connectivity index (χ4v) is 10.5. The third-order valence-corrected chi connectivity index (χ3v) is 16.2. The van der Waals surface area contributed by atoms with Gasteiger partial charge in [0.1, 0.15) is 25.4 Å². The zero-order chi connectivity index (χ0) is 68.1. The number of carbonyl (C=O) groups excluding carboxylic acids is 3. The van der Waals surface area contributed by atoms with Crippen molar-refractivity contribution < 1.29 is 75.8 Å². The number of hydrogen-bond acceptors (Lipinski definition) is 14. The van der Waals surface area contributed by atoms with Gasteiger partial charge in [-0.15, -0.1) is 0 Å². The molecule has 0 aromatic heterocycles. The first-order valence-electron chi connectivity index (χ1n) is 35.5. The van der Waals surface area contributed by atoms with Gasteiger partial charge < -0.3 is 34.2 Å². The minimum Gasteiger partial charge on any atom is -0.463 e. The molecule has 18 heteroatoms. The van der Waals surface area contributed by atoms with Gasteiger partial charge in [-0.3, -0.25) is 32.5 Å². The monoisotopic (exact) mass is 1340 g/mol. The molecule has 532 valence electrons. The average Bonchev–Trinajstić information content (AvgIpc) is 3.14. The molecule has 0 bridgehead atoms. The fraction of sp³-hybridized carbons (Fsp3) is 0.667. The second-order valence-electron chi connectivity index (χ2n) is 23.3. The topological polar surface area (TPSA) is 231 Å². The van der Waals surface area contributed by atoms with Crippen LogP contribution in [0.15, 0.2) is 134 Å². The highest BCUT2D eigenvalue weighted by Crippen LogP contribution is 2.45. The number of unbranched alkanes of at least 4 members (excludes halogenated alkanes) is 21. The molecule has 0 spiro atoms. The van der Waals surface area contributed by atoms with Gasteiger partial charge in [0.2, 0.25) is 0 Å². The number of aliphatic hydroxyl groups excluding tert-OH is 2. The van der Waals surface area contributed by atoms with Crippen molar-refractivity contribution in [1.82, 2.24) is 0 Å². The van der Waals surface area contributed by atoms with Crippen LogP contribution < -0.4 is 0 Å². The van der Waals surface area contributed by atoms with Crippen LogP contribution in [0.3, 0.4) is 0 Å². The molecular formula is C75H126O16P2. The molecule has 0 amide bonds. The number of hydrogen-bond donors (Lipinski definition) is 4. The molecule has 0 fully saturated rings. The number of esters is 3. The molecule has 0 rings (SSSR count). The lowest BCUT2D eigenvalue weighted by molar-refractivity contribution is -0.161. The Hall–Kier alpha value is -4.31. The van der Waals surface area contributed by atoms with Crippen LogP contribution in [-0.2, 0) is 55.8 Å². The number of rotatable bonds is 66. The number of phosphoric acid groups is 2. The third-order valence-electron chi connectivity index (χ3n) is 14.3. The van der Waals surface area contributed by atoms with E-state index in [4.69, 9.17) is 32.3 Å². The van der Waals surface area contributed by atoms with Crippen LogP contribution >= 0.6 is 15.6 Å². The SMILES string of the molecule is CC/C=C\C/C=C\C/C=C\C/C=C\C/C=C\CCCC(=O)OCC(COP(=O)(O)OCC(O)COP(=O)(O)OCC(O)COC(=O)CCCCCCCCCCC/C=C\C/C=C\C/C=C\C/C=C\CCCCC)OC(=O)CCCCCCC/C=C\C/C=C\CCCCC. The predicted octanol–water partition coefficient (Wildman–Crippen LogP) is 20.0. The second kappa shape index (κ2) is 67.7. The molecule has 0 radical (unpaired) electrons. The molecule has 16 nitrogen and oxygen atoms in total. The largest absolute Gasteiger partial charge is 0.472 e. The van der Waals surface area contributed by atoms with E-state index in [1.54, 1.807) is 0 Å². The maximum absolute atomic E-state index is 12.9. The maximum atomic E-state index is 12.9. The van der Waals surface area contributed by atoms with Gasteiger partial charge in [0.25, 0.3) is 0 Å².